The minimum absolute atomic E-state index is 0.176. The fourth-order valence-electron chi connectivity index (χ4n) is 1.23. The summed E-state index contributed by atoms with van der Waals surface area (Å²) in [6, 6.07) is 0. The number of hydrogen-bond donors (Lipinski definition) is 0. The zero-order valence-corrected chi connectivity index (χ0v) is 7.77. The molecule has 0 aliphatic rings. The Kier molecular flexibility index (Phi) is 2.87. The van der Waals surface area contributed by atoms with Gasteiger partial charge in [-0.3, -0.25) is 0 Å². The number of rotatable bonds is 3. The molecule has 0 aliphatic heterocycles. The Labute approximate surface area is 69.2 Å². The quantitative estimate of drug-likeness (QED) is 0.448. The molecule has 0 spiro atoms. The topological polar surface area (TPSA) is 17.1 Å². The zero-order chi connectivity index (χ0) is 9.12. The molecule has 0 unspecified atom stereocenters. The fourth-order valence-corrected chi connectivity index (χ4v) is 1.23. The highest BCUT2D eigenvalue weighted by Crippen LogP contribution is 2.30. The molecule has 0 saturated heterocycles. The molecule has 0 aliphatic carbocycles. The van der Waals surface area contributed by atoms with Crippen molar-refractivity contribution in [3.8, 4) is 12.3 Å². The van der Waals surface area contributed by atoms with Gasteiger partial charge in [0.1, 0.15) is 6.29 Å². The number of carbonyl (C=O) groups is 1. The van der Waals surface area contributed by atoms with Gasteiger partial charge >= 0.3 is 0 Å². The van der Waals surface area contributed by atoms with Gasteiger partial charge in [-0.05, 0) is 20.3 Å². The van der Waals surface area contributed by atoms with E-state index in [1.54, 1.807) is 0 Å². The third kappa shape index (κ3) is 3.83. The average molecular weight is 152 g/mol. The second-order valence-corrected chi connectivity index (χ2v) is 4.31. The van der Waals surface area contributed by atoms with Crippen LogP contribution in [0.25, 0.3) is 0 Å². The van der Waals surface area contributed by atoms with Crippen LogP contribution in [-0.4, -0.2) is 6.29 Å². The first-order chi connectivity index (χ1) is 4.83. The Bertz CT molecular complexity index is 182. The lowest BCUT2D eigenvalue weighted by Crippen LogP contribution is -2.22. The summed E-state index contributed by atoms with van der Waals surface area (Å²) in [5, 5.41) is 0. The SMILES string of the molecule is C#CC(C)(C)CC(C)(C)C=O. The molecule has 0 aromatic carbocycles. The number of terminal acetylenes is 1. The summed E-state index contributed by atoms with van der Waals surface area (Å²) in [5.74, 6) is 2.67. The Balaban J connectivity index is 4.27. The summed E-state index contributed by atoms with van der Waals surface area (Å²) in [5.41, 5.74) is -0.472. The third-order valence-corrected chi connectivity index (χ3v) is 1.61. The van der Waals surface area contributed by atoms with Gasteiger partial charge in [-0.15, -0.1) is 12.3 Å². The fraction of sp³-hybridized carbons (Fsp3) is 0.700. The predicted molar refractivity (Wildman–Crippen MR) is 47.1 cm³/mol. The van der Waals surface area contributed by atoms with Gasteiger partial charge in [0.2, 0.25) is 0 Å². The van der Waals surface area contributed by atoms with E-state index in [1.807, 2.05) is 27.7 Å². The van der Waals surface area contributed by atoms with Gasteiger partial charge in [-0.2, -0.15) is 0 Å². The van der Waals surface area contributed by atoms with Gasteiger partial charge < -0.3 is 4.79 Å². The van der Waals surface area contributed by atoms with Crippen LogP contribution in [0.1, 0.15) is 34.1 Å². The molecule has 0 heterocycles. The van der Waals surface area contributed by atoms with Crippen LogP contribution >= 0.6 is 0 Å². The van der Waals surface area contributed by atoms with E-state index in [0.29, 0.717) is 0 Å². The number of carbonyl (C=O) groups excluding carboxylic acids is 1. The van der Waals surface area contributed by atoms with E-state index in [4.69, 9.17) is 6.42 Å². The average Bonchev–Trinajstić information content (AvgIpc) is 1.86. The molecule has 0 rings (SSSR count). The molecule has 0 atom stereocenters. The van der Waals surface area contributed by atoms with Crippen molar-refractivity contribution in [2.75, 3.05) is 0 Å². The molecule has 62 valence electrons. The van der Waals surface area contributed by atoms with Crippen LogP contribution in [0, 0.1) is 23.2 Å². The molecular weight excluding hydrogens is 136 g/mol. The maximum absolute atomic E-state index is 10.6. The number of aldehydes is 1. The van der Waals surface area contributed by atoms with Crippen molar-refractivity contribution in [1.82, 2.24) is 0 Å². The van der Waals surface area contributed by atoms with Crippen molar-refractivity contribution in [2.24, 2.45) is 10.8 Å². The van der Waals surface area contributed by atoms with Crippen molar-refractivity contribution >= 4 is 6.29 Å². The van der Waals surface area contributed by atoms with E-state index in [0.717, 1.165) is 12.7 Å². The summed E-state index contributed by atoms with van der Waals surface area (Å²) in [6.07, 6.45) is 7.00. The summed E-state index contributed by atoms with van der Waals surface area (Å²) >= 11 is 0. The van der Waals surface area contributed by atoms with Gasteiger partial charge in [0.15, 0.2) is 0 Å². The largest absolute Gasteiger partial charge is 0.303 e. The lowest BCUT2D eigenvalue weighted by molar-refractivity contribution is -0.115. The Morgan fingerprint density at radius 3 is 2.09 bits per heavy atom. The van der Waals surface area contributed by atoms with E-state index in [9.17, 15) is 4.79 Å². The smallest absolute Gasteiger partial charge is 0.125 e. The molecule has 0 aromatic heterocycles. The van der Waals surface area contributed by atoms with E-state index in [1.165, 1.54) is 0 Å². The van der Waals surface area contributed by atoms with Crippen molar-refractivity contribution in [2.45, 2.75) is 34.1 Å². The van der Waals surface area contributed by atoms with Crippen molar-refractivity contribution in [3.63, 3.8) is 0 Å². The monoisotopic (exact) mass is 152 g/mol. The molecule has 0 saturated carbocycles. The summed E-state index contributed by atoms with van der Waals surface area (Å²) in [4.78, 5) is 10.6. The minimum Gasteiger partial charge on any atom is -0.303 e. The molecule has 11 heavy (non-hydrogen) atoms. The summed E-state index contributed by atoms with van der Waals surface area (Å²) in [7, 11) is 0. The molecule has 1 heteroatoms. The van der Waals surface area contributed by atoms with Crippen molar-refractivity contribution < 1.29 is 4.79 Å². The molecule has 0 aromatic rings. The van der Waals surface area contributed by atoms with E-state index in [2.05, 4.69) is 5.92 Å². The maximum atomic E-state index is 10.6. The van der Waals surface area contributed by atoms with Crippen LogP contribution < -0.4 is 0 Å². The van der Waals surface area contributed by atoms with Gasteiger partial charge in [-0.25, -0.2) is 0 Å². The Morgan fingerprint density at radius 1 is 1.36 bits per heavy atom. The standard InChI is InChI=1S/C10H16O/c1-6-9(2,3)7-10(4,5)8-11/h1,8H,7H2,2-5H3. The van der Waals surface area contributed by atoms with Gasteiger partial charge in [0, 0.05) is 10.8 Å². The normalized spacial score (nSPS) is 12.3. The van der Waals surface area contributed by atoms with E-state index < -0.39 is 0 Å². The Hall–Kier alpha value is -0.770. The van der Waals surface area contributed by atoms with Crippen molar-refractivity contribution in [3.05, 3.63) is 0 Å². The number of hydrogen-bond acceptors (Lipinski definition) is 1. The van der Waals surface area contributed by atoms with Crippen LogP contribution in [0.5, 0.6) is 0 Å². The second kappa shape index (κ2) is 3.09. The first-order valence-corrected chi connectivity index (χ1v) is 3.77. The van der Waals surface area contributed by atoms with Crippen molar-refractivity contribution in [1.29, 1.82) is 0 Å². The van der Waals surface area contributed by atoms with Crippen LogP contribution in [0.15, 0.2) is 0 Å². The first kappa shape index (κ1) is 10.2. The minimum atomic E-state index is -0.296. The lowest BCUT2D eigenvalue weighted by Gasteiger charge is -2.26. The molecule has 1 nitrogen and oxygen atoms in total. The molecule has 0 bridgehead atoms. The highest BCUT2D eigenvalue weighted by Gasteiger charge is 2.26. The van der Waals surface area contributed by atoms with E-state index >= 15 is 0 Å². The summed E-state index contributed by atoms with van der Waals surface area (Å²) < 4.78 is 0. The molecule has 0 N–H and O–H groups in total. The van der Waals surface area contributed by atoms with Gasteiger partial charge in [0.05, 0.1) is 0 Å². The molecule has 0 radical (unpaired) electrons. The second-order valence-electron chi connectivity index (χ2n) is 4.31. The lowest BCUT2D eigenvalue weighted by atomic mass is 9.76. The highest BCUT2D eigenvalue weighted by atomic mass is 16.1. The first-order valence-electron chi connectivity index (χ1n) is 3.77. The maximum Gasteiger partial charge on any atom is 0.125 e. The highest BCUT2D eigenvalue weighted by molar-refractivity contribution is 5.58. The van der Waals surface area contributed by atoms with Crippen LogP contribution in [0.3, 0.4) is 0 Å². The van der Waals surface area contributed by atoms with Gasteiger partial charge in [-0.1, -0.05) is 13.8 Å². The molecule has 0 fully saturated rings. The van der Waals surface area contributed by atoms with Crippen LogP contribution in [0.4, 0.5) is 0 Å². The van der Waals surface area contributed by atoms with Gasteiger partial charge in [0.25, 0.3) is 0 Å². The third-order valence-electron chi connectivity index (χ3n) is 1.61. The Morgan fingerprint density at radius 2 is 1.82 bits per heavy atom. The predicted octanol–water partition coefficient (Wildman–Crippen LogP) is 2.26. The molecular formula is C10H16O. The van der Waals surface area contributed by atoms with Crippen LogP contribution in [-0.2, 0) is 4.79 Å². The van der Waals surface area contributed by atoms with Crippen LogP contribution in [0.2, 0.25) is 0 Å². The summed E-state index contributed by atoms with van der Waals surface area (Å²) in [6.45, 7) is 7.74. The zero-order valence-electron chi connectivity index (χ0n) is 7.77. The molecule has 0 amide bonds. The van der Waals surface area contributed by atoms with E-state index in [-0.39, 0.29) is 10.8 Å².